The van der Waals surface area contributed by atoms with Crippen molar-refractivity contribution in [1.82, 2.24) is 9.88 Å². The van der Waals surface area contributed by atoms with Gasteiger partial charge in [0.05, 0.1) is 5.75 Å². The third kappa shape index (κ3) is 7.94. The van der Waals surface area contributed by atoms with Crippen LogP contribution < -0.4 is 0 Å². The highest BCUT2D eigenvalue weighted by molar-refractivity contribution is 7.99. The van der Waals surface area contributed by atoms with E-state index in [1.165, 1.54) is 11.8 Å². The van der Waals surface area contributed by atoms with Crippen molar-refractivity contribution < 1.29 is 18.0 Å². The minimum atomic E-state index is -4.35. The van der Waals surface area contributed by atoms with Crippen molar-refractivity contribution in [3.8, 4) is 0 Å². The summed E-state index contributed by atoms with van der Waals surface area (Å²) >= 11 is 1.30. The van der Waals surface area contributed by atoms with Gasteiger partial charge in [-0.2, -0.15) is 13.2 Å². The summed E-state index contributed by atoms with van der Waals surface area (Å²) in [5.41, 5.74) is 0.950. The van der Waals surface area contributed by atoms with Gasteiger partial charge in [-0.05, 0) is 18.1 Å². The highest BCUT2D eigenvalue weighted by atomic mass is 32.2. The van der Waals surface area contributed by atoms with Gasteiger partial charge in [-0.3, -0.25) is 9.78 Å². The molecule has 0 unspecified atom stereocenters. The molecule has 7 heteroatoms. The van der Waals surface area contributed by atoms with Crippen molar-refractivity contribution >= 4 is 17.7 Å². The Morgan fingerprint density at radius 1 is 1.43 bits per heavy atom. The second kappa shape index (κ2) is 8.92. The molecule has 1 amide bonds. The Labute approximate surface area is 126 Å². The molecule has 118 valence electrons. The molecule has 1 heterocycles. The predicted octanol–water partition coefficient (Wildman–Crippen LogP) is 3.51. The van der Waals surface area contributed by atoms with E-state index in [4.69, 9.17) is 0 Å². The average molecular weight is 320 g/mol. The van der Waals surface area contributed by atoms with Gasteiger partial charge < -0.3 is 4.90 Å². The summed E-state index contributed by atoms with van der Waals surface area (Å²) in [4.78, 5) is 16.8. The normalized spacial score (nSPS) is 11.4. The van der Waals surface area contributed by atoms with Gasteiger partial charge in [0.15, 0.2) is 0 Å². The van der Waals surface area contributed by atoms with Gasteiger partial charge in [0.25, 0.3) is 0 Å². The molecule has 0 atom stereocenters. The molecule has 3 nitrogen and oxygen atoms in total. The number of aromatic nitrogens is 1. The Morgan fingerprint density at radius 3 is 2.76 bits per heavy atom. The Morgan fingerprint density at radius 2 is 2.19 bits per heavy atom. The van der Waals surface area contributed by atoms with Crippen LogP contribution in [0.1, 0.15) is 25.3 Å². The first kappa shape index (κ1) is 17.8. The minimum absolute atomic E-state index is 0.0503. The summed E-state index contributed by atoms with van der Waals surface area (Å²) in [6.45, 7) is 0.870. The average Bonchev–Trinajstić information content (AvgIpc) is 2.43. The van der Waals surface area contributed by atoms with Crippen molar-refractivity contribution in [2.75, 3.05) is 18.8 Å². The van der Waals surface area contributed by atoms with Crippen LogP contribution in [0.2, 0.25) is 0 Å². The van der Waals surface area contributed by atoms with E-state index in [1.807, 2.05) is 13.0 Å². The summed E-state index contributed by atoms with van der Waals surface area (Å²) in [6, 6.07) is 3.66. The molecule has 0 saturated heterocycles. The highest BCUT2D eigenvalue weighted by Gasteiger charge is 2.32. The number of halogens is 3. The molecule has 1 aromatic heterocycles. The molecule has 0 bridgehead atoms. The number of carbonyl (C=O) groups excluding carboxylic acids is 1. The van der Waals surface area contributed by atoms with Gasteiger partial charge in [-0.25, -0.2) is 0 Å². The second-order valence-electron chi connectivity index (χ2n) is 4.64. The van der Waals surface area contributed by atoms with E-state index in [1.54, 1.807) is 18.5 Å². The number of nitrogens with zero attached hydrogens (tertiary/aromatic N) is 2. The van der Waals surface area contributed by atoms with Gasteiger partial charge in [0.1, 0.15) is 6.54 Å². The number of alkyl halides is 3. The van der Waals surface area contributed by atoms with E-state index in [0.29, 0.717) is 12.2 Å². The maximum absolute atomic E-state index is 12.5. The lowest BCUT2D eigenvalue weighted by molar-refractivity contribution is -0.159. The minimum Gasteiger partial charge on any atom is -0.333 e. The molecule has 0 fully saturated rings. The van der Waals surface area contributed by atoms with Crippen LogP contribution in [-0.2, 0) is 10.5 Å². The van der Waals surface area contributed by atoms with E-state index in [9.17, 15) is 18.0 Å². The molecule has 1 rings (SSSR count). The molecule has 0 aliphatic rings. The first-order chi connectivity index (χ1) is 9.92. The van der Waals surface area contributed by atoms with Gasteiger partial charge in [-0.1, -0.05) is 19.4 Å². The van der Waals surface area contributed by atoms with Gasteiger partial charge in [0.2, 0.25) is 5.91 Å². The third-order valence-corrected chi connectivity index (χ3v) is 3.71. The number of hydrogen-bond donors (Lipinski definition) is 0. The SMILES string of the molecule is CCCCN(CC(F)(F)F)C(=O)CSCc1cccnc1. The summed E-state index contributed by atoms with van der Waals surface area (Å²) in [7, 11) is 0. The zero-order valence-electron chi connectivity index (χ0n) is 11.9. The Bertz CT molecular complexity index is 426. The van der Waals surface area contributed by atoms with E-state index < -0.39 is 18.6 Å². The lowest BCUT2D eigenvalue weighted by Crippen LogP contribution is -2.40. The summed E-state index contributed by atoms with van der Waals surface area (Å²) in [5, 5.41) is 0. The van der Waals surface area contributed by atoms with Crippen LogP contribution in [0, 0.1) is 0 Å². The number of carbonyl (C=O) groups is 1. The molecule has 0 N–H and O–H groups in total. The number of thioether (sulfide) groups is 1. The zero-order valence-corrected chi connectivity index (χ0v) is 12.7. The second-order valence-corrected chi connectivity index (χ2v) is 5.62. The van der Waals surface area contributed by atoms with Crippen LogP contribution in [0.4, 0.5) is 13.2 Å². The Balaban J connectivity index is 2.44. The molecule has 21 heavy (non-hydrogen) atoms. The number of rotatable bonds is 8. The lowest BCUT2D eigenvalue weighted by Gasteiger charge is -2.23. The van der Waals surface area contributed by atoms with Crippen LogP contribution in [0.15, 0.2) is 24.5 Å². The quantitative estimate of drug-likeness (QED) is 0.735. The Kier molecular flexibility index (Phi) is 7.56. The number of pyridine rings is 1. The molecule has 0 radical (unpaired) electrons. The van der Waals surface area contributed by atoms with E-state index in [-0.39, 0.29) is 12.3 Å². The van der Waals surface area contributed by atoms with Crippen LogP contribution in [0.5, 0.6) is 0 Å². The van der Waals surface area contributed by atoms with E-state index >= 15 is 0 Å². The molecule has 0 aromatic carbocycles. The van der Waals surface area contributed by atoms with Crippen LogP contribution >= 0.6 is 11.8 Å². The van der Waals surface area contributed by atoms with Gasteiger partial charge in [0, 0.05) is 24.7 Å². The van der Waals surface area contributed by atoms with E-state index in [0.717, 1.165) is 16.9 Å². The van der Waals surface area contributed by atoms with Gasteiger partial charge >= 0.3 is 6.18 Å². The van der Waals surface area contributed by atoms with Crippen molar-refractivity contribution in [1.29, 1.82) is 0 Å². The monoisotopic (exact) mass is 320 g/mol. The standard InChI is InChI=1S/C14H19F3N2OS/c1-2-3-7-19(11-14(15,16)17)13(20)10-21-9-12-5-4-6-18-8-12/h4-6,8H,2-3,7,9-11H2,1H3. The topological polar surface area (TPSA) is 33.2 Å². The number of unbranched alkanes of at least 4 members (excludes halogenated alkanes) is 1. The molecule has 0 aliphatic carbocycles. The van der Waals surface area contributed by atoms with Crippen LogP contribution in [0.25, 0.3) is 0 Å². The van der Waals surface area contributed by atoms with Crippen molar-refractivity contribution in [2.24, 2.45) is 0 Å². The fourth-order valence-electron chi connectivity index (χ4n) is 1.69. The Hall–Kier alpha value is -1.24. The van der Waals surface area contributed by atoms with E-state index in [2.05, 4.69) is 4.98 Å². The molecule has 0 spiro atoms. The van der Waals surface area contributed by atoms with Crippen LogP contribution in [0.3, 0.4) is 0 Å². The first-order valence-electron chi connectivity index (χ1n) is 6.73. The number of amides is 1. The van der Waals surface area contributed by atoms with Gasteiger partial charge in [-0.15, -0.1) is 11.8 Å². The summed E-state index contributed by atoms with van der Waals surface area (Å²) in [5.74, 6) is 0.150. The molecule has 0 aliphatic heterocycles. The zero-order chi connectivity index (χ0) is 15.7. The third-order valence-electron chi connectivity index (χ3n) is 2.72. The lowest BCUT2D eigenvalue weighted by atomic mass is 10.3. The van der Waals surface area contributed by atoms with Crippen molar-refractivity contribution in [2.45, 2.75) is 31.7 Å². The molecule has 1 aromatic rings. The number of hydrogen-bond acceptors (Lipinski definition) is 3. The highest BCUT2D eigenvalue weighted by Crippen LogP contribution is 2.18. The molecule has 0 saturated carbocycles. The molecular formula is C14H19F3N2OS. The fraction of sp³-hybridized carbons (Fsp3) is 0.571. The summed E-state index contributed by atoms with van der Waals surface area (Å²) < 4.78 is 37.4. The maximum atomic E-state index is 12.5. The smallest absolute Gasteiger partial charge is 0.333 e. The predicted molar refractivity (Wildman–Crippen MR) is 77.9 cm³/mol. The summed E-state index contributed by atoms with van der Waals surface area (Å²) in [6.07, 6.45) is 0.314. The van der Waals surface area contributed by atoms with Crippen molar-refractivity contribution in [3.63, 3.8) is 0 Å². The fourth-order valence-corrected chi connectivity index (χ4v) is 2.55. The van der Waals surface area contributed by atoms with Crippen molar-refractivity contribution in [3.05, 3.63) is 30.1 Å². The molecular weight excluding hydrogens is 301 g/mol. The largest absolute Gasteiger partial charge is 0.406 e. The first-order valence-corrected chi connectivity index (χ1v) is 7.89. The van der Waals surface area contributed by atoms with Crippen LogP contribution in [-0.4, -0.2) is 40.8 Å². The maximum Gasteiger partial charge on any atom is 0.406 e.